The van der Waals surface area contributed by atoms with Crippen molar-refractivity contribution in [3.63, 3.8) is 0 Å². The number of carbonyl (C=O) groups excluding carboxylic acids is 1. The molecule has 5 nitrogen and oxygen atoms in total. The maximum absolute atomic E-state index is 12.1. The average molecular weight is 243 g/mol. The molecule has 2 rings (SSSR count). The van der Waals surface area contributed by atoms with E-state index in [1.54, 1.807) is 30.6 Å². The summed E-state index contributed by atoms with van der Waals surface area (Å²) in [6, 6.07) is 9.09. The summed E-state index contributed by atoms with van der Waals surface area (Å²) in [7, 11) is 1.85. The Balaban J connectivity index is 2.37. The minimum Gasteiger partial charge on any atom is -0.289 e. The van der Waals surface area contributed by atoms with E-state index >= 15 is 0 Å². The maximum atomic E-state index is 12.1. The minimum absolute atomic E-state index is 0.0812. The fourth-order valence-electron chi connectivity index (χ4n) is 1.58. The van der Waals surface area contributed by atoms with Gasteiger partial charge in [-0.2, -0.15) is 0 Å². The van der Waals surface area contributed by atoms with Crippen molar-refractivity contribution >= 4 is 11.5 Å². The van der Waals surface area contributed by atoms with Crippen LogP contribution in [0.2, 0.25) is 0 Å². The van der Waals surface area contributed by atoms with Crippen LogP contribution in [0.3, 0.4) is 0 Å². The van der Waals surface area contributed by atoms with Crippen LogP contribution in [0.25, 0.3) is 0 Å². The molecule has 0 unspecified atom stereocenters. The van der Waals surface area contributed by atoms with Crippen molar-refractivity contribution in [2.45, 2.75) is 0 Å². The lowest BCUT2D eigenvalue weighted by molar-refractivity contribution is -0.671. The van der Waals surface area contributed by atoms with Gasteiger partial charge in [0.1, 0.15) is 7.05 Å². The number of nitro benzene ring substituents is 1. The topological polar surface area (TPSA) is 64.1 Å². The predicted molar refractivity (Wildman–Crippen MR) is 64.1 cm³/mol. The van der Waals surface area contributed by atoms with Crippen LogP contribution < -0.4 is 4.57 Å². The summed E-state index contributed by atoms with van der Waals surface area (Å²) in [5, 5.41) is 10.6. The highest BCUT2D eigenvalue weighted by molar-refractivity contribution is 6.09. The third kappa shape index (κ3) is 2.40. The fourth-order valence-corrected chi connectivity index (χ4v) is 1.58. The second-order valence-electron chi connectivity index (χ2n) is 3.89. The van der Waals surface area contributed by atoms with Gasteiger partial charge in [0.05, 0.1) is 4.92 Å². The molecule has 0 atom stereocenters. The van der Waals surface area contributed by atoms with Crippen LogP contribution in [0.5, 0.6) is 0 Å². The molecule has 1 aromatic heterocycles. The van der Waals surface area contributed by atoms with Gasteiger partial charge < -0.3 is 0 Å². The second kappa shape index (κ2) is 4.75. The lowest BCUT2D eigenvalue weighted by Gasteiger charge is -2.00. The van der Waals surface area contributed by atoms with E-state index in [4.69, 9.17) is 0 Å². The van der Waals surface area contributed by atoms with E-state index < -0.39 is 4.92 Å². The minimum atomic E-state index is -0.512. The Morgan fingerprint density at radius 2 is 1.83 bits per heavy atom. The molecule has 18 heavy (non-hydrogen) atoms. The summed E-state index contributed by atoms with van der Waals surface area (Å²) in [6.07, 6.45) is 3.51. The van der Waals surface area contributed by atoms with E-state index in [2.05, 4.69) is 0 Å². The van der Waals surface area contributed by atoms with Gasteiger partial charge in [-0.15, -0.1) is 0 Å². The molecule has 0 aliphatic heterocycles. The molecule has 0 N–H and O–H groups in total. The van der Waals surface area contributed by atoms with E-state index in [1.165, 1.54) is 18.2 Å². The molecular formula is C13H11N2O3+. The van der Waals surface area contributed by atoms with Gasteiger partial charge in [-0.05, 0) is 0 Å². The monoisotopic (exact) mass is 243 g/mol. The number of pyridine rings is 1. The highest BCUT2D eigenvalue weighted by atomic mass is 16.6. The van der Waals surface area contributed by atoms with E-state index in [1.807, 2.05) is 11.6 Å². The zero-order valence-electron chi connectivity index (χ0n) is 9.74. The summed E-state index contributed by atoms with van der Waals surface area (Å²) < 4.78 is 1.81. The van der Waals surface area contributed by atoms with Crippen molar-refractivity contribution in [3.05, 3.63) is 70.0 Å². The van der Waals surface area contributed by atoms with E-state index in [0.29, 0.717) is 11.1 Å². The number of ketones is 1. The average Bonchev–Trinajstić information content (AvgIpc) is 2.39. The molecule has 1 aromatic carbocycles. The van der Waals surface area contributed by atoms with Crippen LogP contribution in [0, 0.1) is 10.1 Å². The van der Waals surface area contributed by atoms with Gasteiger partial charge in [0.15, 0.2) is 18.2 Å². The number of nitrogens with zero attached hydrogens (tertiary/aromatic N) is 2. The Morgan fingerprint density at radius 1 is 1.17 bits per heavy atom. The zero-order chi connectivity index (χ0) is 13.1. The third-order valence-corrected chi connectivity index (χ3v) is 2.56. The molecule has 0 fully saturated rings. The predicted octanol–water partition coefficient (Wildman–Crippen LogP) is 1.65. The number of hydrogen-bond acceptors (Lipinski definition) is 3. The molecule has 0 amide bonds. The smallest absolute Gasteiger partial charge is 0.270 e. The lowest BCUT2D eigenvalue weighted by atomic mass is 10.0. The van der Waals surface area contributed by atoms with Crippen molar-refractivity contribution in [2.75, 3.05) is 0 Å². The number of aryl methyl sites for hydroxylation is 1. The van der Waals surface area contributed by atoms with E-state index in [9.17, 15) is 14.9 Å². The Hall–Kier alpha value is -2.56. The molecule has 0 radical (unpaired) electrons. The van der Waals surface area contributed by atoms with Crippen LogP contribution in [0.1, 0.15) is 15.9 Å². The van der Waals surface area contributed by atoms with Crippen molar-refractivity contribution in [3.8, 4) is 0 Å². The Morgan fingerprint density at radius 3 is 2.44 bits per heavy atom. The largest absolute Gasteiger partial charge is 0.289 e. The standard InChI is InChI=1S/C13H11N2O3/c1-14-7-5-10(6-8-14)13(16)11-3-2-4-12(9-11)15(17)18/h2-9H,1H3/q+1. The van der Waals surface area contributed by atoms with Crippen molar-refractivity contribution in [1.29, 1.82) is 0 Å². The summed E-state index contributed by atoms with van der Waals surface area (Å²) in [5.74, 6) is -0.223. The van der Waals surface area contributed by atoms with Crippen LogP contribution >= 0.6 is 0 Å². The molecule has 2 aromatic rings. The van der Waals surface area contributed by atoms with Crippen molar-refractivity contribution < 1.29 is 14.3 Å². The molecule has 5 heteroatoms. The van der Waals surface area contributed by atoms with Gasteiger partial charge in [-0.25, -0.2) is 4.57 Å². The molecule has 0 aliphatic carbocycles. The first-order valence-corrected chi connectivity index (χ1v) is 5.32. The molecule has 1 heterocycles. The molecule has 0 saturated carbocycles. The fraction of sp³-hybridized carbons (Fsp3) is 0.0769. The molecular weight excluding hydrogens is 232 g/mol. The molecule has 0 bridgehead atoms. The first kappa shape index (κ1) is 11.9. The number of rotatable bonds is 3. The zero-order valence-corrected chi connectivity index (χ0v) is 9.74. The number of carbonyl (C=O) groups is 1. The van der Waals surface area contributed by atoms with Crippen LogP contribution in [-0.2, 0) is 7.05 Å². The summed E-state index contributed by atoms with van der Waals surface area (Å²) in [4.78, 5) is 22.2. The van der Waals surface area contributed by atoms with Gasteiger partial charge >= 0.3 is 0 Å². The number of hydrogen-bond donors (Lipinski definition) is 0. The van der Waals surface area contributed by atoms with Gasteiger partial charge in [-0.3, -0.25) is 14.9 Å². The maximum Gasteiger partial charge on any atom is 0.270 e. The normalized spacial score (nSPS) is 10.1. The van der Waals surface area contributed by atoms with Crippen LogP contribution in [0.4, 0.5) is 5.69 Å². The number of nitro groups is 1. The molecule has 0 aliphatic rings. The second-order valence-corrected chi connectivity index (χ2v) is 3.89. The highest BCUT2D eigenvalue weighted by Crippen LogP contribution is 2.16. The first-order valence-electron chi connectivity index (χ1n) is 5.32. The molecule has 0 spiro atoms. The summed E-state index contributed by atoms with van der Waals surface area (Å²) in [5.41, 5.74) is 0.744. The Bertz CT molecular complexity index is 606. The summed E-state index contributed by atoms with van der Waals surface area (Å²) >= 11 is 0. The Labute approximate surface area is 103 Å². The third-order valence-electron chi connectivity index (χ3n) is 2.56. The summed E-state index contributed by atoms with van der Waals surface area (Å²) in [6.45, 7) is 0. The molecule has 0 saturated heterocycles. The van der Waals surface area contributed by atoms with Gasteiger partial charge in [0.2, 0.25) is 0 Å². The van der Waals surface area contributed by atoms with Crippen molar-refractivity contribution in [2.24, 2.45) is 7.05 Å². The lowest BCUT2D eigenvalue weighted by Crippen LogP contribution is -2.26. The van der Waals surface area contributed by atoms with Crippen molar-refractivity contribution in [1.82, 2.24) is 0 Å². The van der Waals surface area contributed by atoms with Gasteiger partial charge in [0, 0.05) is 35.4 Å². The first-order chi connectivity index (χ1) is 8.58. The van der Waals surface area contributed by atoms with Gasteiger partial charge in [0.25, 0.3) is 5.69 Å². The highest BCUT2D eigenvalue weighted by Gasteiger charge is 2.13. The SMILES string of the molecule is C[n+]1ccc(C(=O)c2cccc([N+](=O)[O-])c2)cc1. The quantitative estimate of drug-likeness (QED) is 0.356. The van der Waals surface area contributed by atoms with Crippen LogP contribution in [-0.4, -0.2) is 10.7 Å². The van der Waals surface area contributed by atoms with Gasteiger partial charge in [-0.1, -0.05) is 12.1 Å². The number of aromatic nitrogens is 1. The van der Waals surface area contributed by atoms with E-state index in [-0.39, 0.29) is 11.5 Å². The van der Waals surface area contributed by atoms with E-state index in [0.717, 1.165) is 0 Å². The van der Waals surface area contributed by atoms with Crippen LogP contribution in [0.15, 0.2) is 48.8 Å². The number of non-ortho nitro benzene ring substituents is 1. The Kier molecular flexibility index (Phi) is 3.14. The number of benzene rings is 1. The molecule has 90 valence electrons.